The highest BCUT2D eigenvalue weighted by Gasteiger charge is 2.07. The average molecular weight is 211 g/mol. The van der Waals surface area contributed by atoms with Crippen LogP contribution in [0.3, 0.4) is 0 Å². The highest BCUT2D eigenvalue weighted by Crippen LogP contribution is 2.05. The van der Waals surface area contributed by atoms with Crippen LogP contribution in [0.5, 0.6) is 0 Å². The number of furan rings is 1. The Morgan fingerprint density at radius 2 is 2.47 bits per heavy atom. The molecule has 1 aromatic rings. The molecular weight excluding hydrogens is 194 g/mol. The van der Waals surface area contributed by atoms with Gasteiger partial charge in [0.1, 0.15) is 5.76 Å². The molecule has 84 valence electrons. The van der Waals surface area contributed by atoms with E-state index in [0.29, 0.717) is 13.0 Å². The van der Waals surface area contributed by atoms with E-state index in [1.807, 2.05) is 19.1 Å². The number of carbonyl (C=O) groups is 1. The molecule has 1 heterocycles. The number of nitrogens with two attached hydrogens (primary N) is 1. The van der Waals surface area contributed by atoms with Gasteiger partial charge in [-0.05, 0) is 18.7 Å². The summed E-state index contributed by atoms with van der Waals surface area (Å²) in [5.74, 6) is 5.76. The molecule has 0 aliphatic rings. The van der Waals surface area contributed by atoms with Crippen LogP contribution in [0.15, 0.2) is 22.8 Å². The van der Waals surface area contributed by atoms with Crippen LogP contribution in [-0.2, 0) is 11.3 Å². The maximum absolute atomic E-state index is 10.9. The van der Waals surface area contributed by atoms with Gasteiger partial charge in [-0.25, -0.2) is 5.84 Å². The lowest BCUT2D eigenvalue weighted by atomic mass is 10.3. The molecule has 0 radical (unpaired) electrons. The van der Waals surface area contributed by atoms with Gasteiger partial charge in [0.05, 0.1) is 12.8 Å². The number of nitrogens with zero attached hydrogens (tertiary/aromatic N) is 1. The minimum absolute atomic E-state index is 0.145. The van der Waals surface area contributed by atoms with Gasteiger partial charge >= 0.3 is 0 Å². The van der Waals surface area contributed by atoms with Gasteiger partial charge in [-0.2, -0.15) is 0 Å². The zero-order valence-corrected chi connectivity index (χ0v) is 8.90. The highest BCUT2D eigenvalue weighted by atomic mass is 16.3. The topological polar surface area (TPSA) is 71.5 Å². The zero-order chi connectivity index (χ0) is 11.1. The van der Waals surface area contributed by atoms with E-state index in [-0.39, 0.29) is 5.91 Å². The van der Waals surface area contributed by atoms with E-state index in [4.69, 9.17) is 10.3 Å². The van der Waals surface area contributed by atoms with Crippen molar-refractivity contribution < 1.29 is 9.21 Å². The Morgan fingerprint density at radius 3 is 3.00 bits per heavy atom. The Kier molecular flexibility index (Phi) is 4.86. The summed E-state index contributed by atoms with van der Waals surface area (Å²) >= 11 is 0. The third-order valence-electron chi connectivity index (χ3n) is 2.22. The van der Waals surface area contributed by atoms with E-state index in [1.165, 1.54) is 0 Å². The highest BCUT2D eigenvalue weighted by molar-refractivity contribution is 5.75. The summed E-state index contributed by atoms with van der Waals surface area (Å²) in [6.45, 7) is 4.32. The molecule has 5 heteroatoms. The third-order valence-corrected chi connectivity index (χ3v) is 2.22. The molecule has 5 nitrogen and oxygen atoms in total. The number of hydrazine groups is 1. The van der Waals surface area contributed by atoms with Crippen LogP contribution in [0.1, 0.15) is 19.1 Å². The summed E-state index contributed by atoms with van der Waals surface area (Å²) in [5, 5.41) is 0. The molecular formula is C10H17N3O2. The summed E-state index contributed by atoms with van der Waals surface area (Å²) in [5.41, 5.74) is 2.11. The first-order chi connectivity index (χ1) is 7.26. The van der Waals surface area contributed by atoms with Crippen LogP contribution in [-0.4, -0.2) is 23.9 Å². The smallest absolute Gasteiger partial charge is 0.235 e. The number of amides is 1. The molecule has 0 saturated heterocycles. The van der Waals surface area contributed by atoms with E-state index in [0.717, 1.165) is 18.8 Å². The van der Waals surface area contributed by atoms with Crippen molar-refractivity contribution in [3.8, 4) is 0 Å². The number of nitrogens with one attached hydrogen (secondary N) is 1. The molecule has 3 N–H and O–H groups in total. The lowest BCUT2D eigenvalue weighted by Crippen LogP contribution is -2.34. The molecule has 0 unspecified atom stereocenters. The Bertz CT molecular complexity index is 285. The average Bonchev–Trinajstić information content (AvgIpc) is 2.76. The van der Waals surface area contributed by atoms with Gasteiger partial charge < -0.3 is 4.42 Å². The first-order valence-corrected chi connectivity index (χ1v) is 5.00. The summed E-state index contributed by atoms with van der Waals surface area (Å²) in [6, 6.07) is 3.78. The molecule has 0 atom stereocenters. The van der Waals surface area contributed by atoms with E-state index < -0.39 is 0 Å². The largest absolute Gasteiger partial charge is 0.468 e. The molecule has 1 amide bonds. The van der Waals surface area contributed by atoms with Crippen molar-refractivity contribution in [3.05, 3.63) is 24.2 Å². The van der Waals surface area contributed by atoms with Gasteiger partial charge in [-0.3, -0.25) is 15.1 Å². The molecule has 1 aromatic heterocycles. The van der Waals surface area contributed by atoms with E-state index in [9.17, 15) is 4.79 Å². The predicted molar refractivity (Wildman–Crippen MR) is 56.6 cm³/mol. The maximum atomic E-state index is 10.9. The van der Waals surface area contributed by atoms with Crippen molar-refractivity contribution in [3.63, 3.8) is 0 Å². The van der Waals surface area contributed by atoms with Crippen LogP contribution in [0.2, 0.25) is 0 Å². The Balaban J connectivity index is 2.33. The molecule has 15 heavy (non-hydrogen) atoms. The number of hydrogen-bond donors (Lipinski definition) is 2. The van der Waals surface area contributed by atoms with Crippen molar-refractivity contribution in [1.82, 2.24) is 10.3 Å². The molecule has 0 saturated carbocycles. The molecule has 0 aliphatic carbocycles. The molecule has 1 rings (SSSR count). The fourth-order valence-electron chi connectivity index (χ4n) is 1.30. The summed E-state index contributed by atoms with van der Waals surface area (Å²) in [4.78, 5) is 13.1. The summed E-state index contributed by atoms with van der Waals surface area (Å²) in [6.07, 6.45) is 2.06. The Hall–Kier alpha value is -1.33. The van der Waals surface area contributed by atoms with Gasteiger partial charge in [0.25, 0.3) is 0 Å². The SMILES string of the molecule is CCN(CCC(=O)NN)Cc1ccco1. The standard InChI is InChI=1S/C10H17N3O2/c1-2-13(6-5-10(14)12-11)8-9-4-3-7-15-9/h3-4,7H,2,5-6,8,11H2,1H3,(H,12,14). The van der Waals surface area contributed by atoms with Gasteiger partial charge in [0.2, 0.25) is 5.91 Å². The lowest BCUT2D eigenvalue weighted by Gasteiger charge is -2.18. The quantitative estimate of drug-likeness (QED) is 0.408. The first kappa shape index (κ1) is 11.7. The van der Waals surface area contributed by atoms with E-state index >= 15 is 0 Å². The molecule has 0 bridgehead atoms. The van der Waals surface area contributed by atoms with Crippen LogP contribution >= 0.6 is 0 Å². The first-order valence-electron chi connectivity index (χ1n) is 5.00. The van der Waals surface area contributed by atoms with Crippen molar-refractivity contribution in [1.29, 1.82) is 0 Å². The third kappa shape index (κ3) is 4.14. The number of carbonyl (C=O) groups excluding carboxylic acids is 1. The van der Waals surface area contributed by atoms with Crippen LogP contribution in [0.25, 0.3) is 0 Å². The van der Waals surface area contributed by atoms with Gasteiger partial charge in [0.15, 0.2) is 0 Å². The van der Waals surface area contributed by atoms with Crippen LogP contribution in [0.4, 0.5) is 0 Å². The molecule has 0 fully saturated rings. The summed E-state index contributed by atoms with van der Waals surface area (Å²) < 4.78 is 5.23. The van der Waals surface area contributed by atoms with Crippen molar-refractivity contribution in [2.45, 2.75) is 19.9 Å². The van der Waals surface area contributed by atoms with E-state index in [2.05, 4.69) is 10.3 Å². The van der Waals surface area contributed by atoms with Crippen molar-refractivity contribution >= 4 is 5.91 Å². The predicted octanol–water partition coefficient (Wildman–Crippen LogP) is 0.482. The van der Waals surface area contributed by atoms with Gasteiger partial charge in [0, 0.05) is 13.0 Å². The second-order valence-corrected chi connectivity index (χ2v) is 3.27. The van der Waals surface area contributed by atoms with Gasteiger partial charge in [-0.1, -0.05) is 6.92 Å². The minimum atomic E-state index is -0.145. The van der Waals surface area contributed by atoms with Crippen LogP contribution in [0, 0.1) is 0 Å². The van der Waals surface area contributed by atoms with Crippen LogP contribution < -0.4 is 11.3 Å². The van der Waals surface area contributed by atoms with Crippen molar-refractivity contribution in [2.24, 2.45) is 5.84 Å². The fourth-order valence-corrected chi connectivity index (χ4v) is 1.30. The molecule has 0 aromatic carbocycles. The maximum Gasteiger partial charge on any atom is 0.235 e. The minimum Gasteiger partial charge on any atom is -0.468 e. The Morgan fingerprint density at radius 1 is 1.67 bits per heavy atom. The van der Waals surface area contributed by atoms with Gasteiger partial charge in [-0.15, -0.1) is 0 Å². The fraction of sp³-hybridized carbons (Fsp3) is 0.500. The van der Waals surface area contributed by atoms with E-state index in [1.54, 1.807) is 6.26 Å². The van der Waals surface area contributed by atoms with Crippen molar-refractivity contribution in [2.75, 3.05) is 13.1 Å². The molecule has 0 spiro atoms. The Labute approximate surface area is 89.2 Å². The summed E-state index contributed by atoms with van der Waals surface area (Å²) in [7, 11) is 0. The normalized spacial score (nSPS) is 10.6. The lowest BCUT2D eigenvalue weighted by molar-refractivity contribution is -0.121. The zero-order valence-electron chi connectivity index (χ0n) is 8.90. The second kappa shape index (κ2) is 6.21. The molecule has 0 aliphatic heterocycles. The second-order valence-electron chi connectivity index (χ2n) is 3.27. The number of rotatable bonds is 6. The number of hydrogen-bond acceptors (Lipinski definition) is 4. The monoisotopic (exact) mass is 211 g/mol.